The highest BCUT2D eigenvalue weighted by Gasteiger charge is 2.53. The first-order valence-electron chi connectivity index (χ1n) is 7.86. The minimum atomic E-state index is -0.894. The van der Waals surface area contributed by atoms with Gasteiger partial charge in [0.15, 0.2) is 5.69 Å². The SMILES string of the molecule is O=C(c1ncc[nH]c1=O)N1CCCC12CCCN(CCO)C2=O. The van der Waals surface area contributed by atoms with E-state index in [0.29, 0.717) is 25.9 Å². The fraction of sp³-hybridized carbons (Fsp3) is 0.600. The van der Waals surface area contributed by atoms with E-state index < -0.39 is 17.0 Å². The first kappa shape index (κ1) is 15.7. The van der Waals surface area contributed by atoms with Gasteiger partial charge in [0.1, 0.15) is 5.54 Å². The number of carbonyl (C=O) groups excluding carboxylic acids is 2. The van der Waals surface area contributed by atoms with Crippen molar-refractivity contribution in [3.8, 4) is 0 Å². The van der Waals surface area contributed by atoms with Gasteiger partial charge in [-0.25, -0.2) is 4.98 Å². The average Bonchev–Trinajstić information content (AvgIpc) is 2.96. The van der Waals surface area contributed by atoms with E-state index in [1.54, 1.807) is 4.90 Å². The lowest BCUT2D eigenvalue weighted by Gasteiger charge is -2.44. The number of likely N-dealkylation sites (tertiary alicyclic amines) is 2. The molecule has 2 amide bonds. The lowest BCUT2D eigenvalue weighted by atomic mass is 9.85. The molecule has 1 spiro atoms. The molecular formula is C15H20N4O4. The molecule has 0 bridgehead atoms. The monoisotopic (exact) mass is 320 g/mol. The van der Waals surface area contributed by atoms with Crippen LogP contribution in [0.15, 0.2) is 17.2 Å². The Balaban J connectivity index is 1.93. The number of aromatic nitrogens is 2. The Labute approximate surface area is 133 Å². The van der Waals surface area contributed by atoms with Gasteiger partial charge in [0.2, 0.25) is 5.91 Å². The van der Waals surface area contributed by atoms with Crippen LogP contribution in [0.3, 0.4) is 0 Å². The molecule has 1 unspecified atom stereocenters. The maximum Gasteiger partial charge on any atom is 0.279 e. The molecule has 23 heavy (non-hydrogen) atoms. The van der Waals surface area contributed by atoms with Gasteiger partial charge >= 0.3 is 0 Å². The van der Waals surface area contributed by atoms with Crippen LogP contribution in [0.1, 0.15) is 36.2 Å². The van der Waals surface area contributed by atoms with Crippen molar-refractivity contribution in [2.75, 3.05) is 26.2 Å². The number of hydrogen-bond donors (Lipinski definition) is 2. The largest absolute Gasteiger partial charge is 0.395 e. The molecule has 0 aliphatic carbocycles. The summed E-state index contributed by atoms with van der Waals surface area (Å²) in [5.41, 5.74) is -1.62. The summed E-state index contributed by atoms with van der Waals surface area (Å²) in [6.45, 7) is 1.20. The number of piperidine rings is 1. The quantitative estimate of drug-likeness (QED) is 0.770. The van der Waals surface area contributed by atoms with Crippen molar-refractivity contribution in [1.29, 1.82) is 0 Å². The predicted octanol–water partition coefficient (Wildman–Crippen LogP) is -0.641. The summed E-state index contributed by atoms with van der Waals surface area (Å²) in [6.07, 6.45) is 5.39. The van der Waals surface area contributed by atoms with Crippen LogP contribution in [-0.4, -0.2) is 68.5 Å². The summed E-state index contributed by atoms with van der Waals surface area (Å²) in [6, 6.07) is 0. The third-order valence-corrected chi connectivity index (χ3v) is 4.72. The van der Waals surface area contributed by atoms with E-state index in [2.05, 4.69) is 9.97 Å². The molecule has 1 atom stereocenters. The second-order valence-electron chi connectivity index (χ2n) is 5.98. The number of hydrogen-bond acceptors (Lipinski definition) is 5. The summed E-state index contributed by atoms with van der Waals surface area (Å²) in [5.74, 6) is -0.625. The van der Waals surface area contributed by atoms with E-state index in [1.807, 2.05) is 0 Å². The summed E-state index contributed by atoms with van der Waals surface area (Å²) in [5, 5.41) is 9.13. The van der Waals surface area contributed by atoms with E-state index in [1.165, 1.54) is 17.3 Å². The Bertz CT molecular complexity index is 671. The Hall–Kier alpha value is -2.22. The van der Waals surface area contributed by atoms with Crippen molar-refractivity contribution in [3.05, 3.63) is 28.4 Å². The van der Waals surface area contributed by atoms with E-state index in [9.17, 15) is 14.4 Å². The van der Waals surface area contributed by atoms with E-state index in [-0.39, 0.29) is 24.8 Å². The number of amides is 2. The molecule has 124 valence electrons. The molecule has 8 nitrogen and oxygen atoms in total. The second-order valence-corrected chi connectivity index (χ2v) is 5.98. The number of rotatable bonds is 3. The van der Waals surface area contributed by atoms with Gasteiger partial charge in [-0.15, -0.1) is 0 Å². The molecule has 0 saturated carbocycles. The number of H-pyrrole nitrogens is 1. The van der Waals surface area contributed by atoms with E-state index >= 15 is 0 Å². The Morgan fingerprint density at radius 3 is 2.74 bits per heavy atom. The van der Waals surface area contributed by atoms with E-state index in [0.717, 1.165) is 12.8 Å². The van der Waals surface area contributed by atoms with Crippen molar-refractivity contribution in [2.45, 2.75) is 31.2 Å². The van der Waals surface area contributed by atoms with Gasteiger partial charge in [0, 0.05) is 32.0 Å². The van der Waals surface area contributed by atoms with E-state index in [4.69, 9.17) is 5.11 Å². The molecule has 2 aliphatic heterocycles. The zero-order valence-corrected chi connectivity index (χ0v) is 12.8. The van der Waals surface area contributed by atoms with Gasteiger partial charge in [-0.1, -0.05) is 0 Å². The van der Waals surface area contributed by atoms with Crippen molar-refractivity contribution in [1.82, 2.24) is 19.8 Å². The van der Waals surface area contributed by atoms with Crippen molar-refractivity contribution in [2.24, 2.45) is 0 Å². The van der Waals surface area contributed by atoms with Crippen LogP contribution in [0.4, 0.5) is 0 Å². The van der Waals surface area contributed by atoms with Crippen LogP contribution in [-0.2, 0) is 4.79 Å². The minimum Gasteiger partial charge on any atom is -0.395 e. The van der Waals surface area contributed by atoms with Gasteiger partial charge in [-0.2, -0.15) is 0 Å². The van der Waals surface area contributed by atoms with Crippen LogP contribution in [0.25, 0.3) is 0 Å². The highest BCUT2D eigenvalue weighted by atomic mass is 16.3. The summed E-state index contributed by atoms with van der Waals surface area (Å²) in [4.78, 5) is 46.9. The molecule has 0 radical (unpaired) electrons. The maximum atomic E-state index is 12.9. The van der Waals surface area contributed by atoms with Crippen molar-refractivity contribution < 1.29 is 14.7 Å². The molecule has 8 heteroatoms. The number of β-amino-alcohol motifs (C(OH)–C–C–N with tert-alkyl or cyclic N) is 1. The molecule has 1 aromatic rings. The molecule has 0 aromatic carbocycles. The molecule has 2 aliphatic rings. The molecule has 2 N–H and O–H groups in total. The molecule has 1 aromatic heterocycles. The fourth-order valence-electron chi connectivity index (χ4n) is 3.69. The lowest BCUT2D eigenvalue weighted by Crippen LogP contribution is -2.62. The highest BCUT2D eigenvalue weighted by Crippen LogP contribution is 2.38. The Morgan fingerprint density at radius 2 is 2.04 bits per heavy atom. The number of nitrogens with one attached hydrogen (secondary N) is 1. The number of aliphatic hydroxyl groups is 1. The normalized spacial score (nSPS) is 24.5. The standard InChI is InChI=1S/C15H20N4O4/c20-10-9-18-7-1-3-15(14(18)23)4-2-8-19(15)13(22)11-12(21)17-6-5-16-11/h5-6,20H,1-4,7-10H2,(H,17,21). The highest BCUT2D eigenvalue weighted by molar-refractivity contribution is 5.98. The number of aromatic amines is 1. The zero-order valence-electron chi connectivity index (χ0n) is 12.8. The first-order chi connectivity index (χ1) is 11.1. The zero-order chi connectivity index (χ0) is 16.4. The smallest absolute Gasteiger partial charge is 0.279 e. The minimum absolute atomic E-state index is 0.102. The molecule has 2 saturated heterocycles. The average molecular weight is 320 g/mol. The Morgan fingerprint density at radius 1 is 1.30 bits per heavy atom. The topological polar surface area (TPSA) is 107 Å². The van der Waals surface area contributed by atoms with Crippen LogP contribution < -0.4 is 5.56 Å². The van der Waals surface area contributed by atoms with Crippen molar-refractivity contribution >= 4 is 11.8 Å². The molecular weight excluding hydrogens is 300 g/mol. The van der Waals surface area contributed by atoms with Gasteiger partial charge in [-0.05, 0) is 25.7 Å². The molecule has 3 heterocycles. The molecule has 2 fully saturated rings. The predicted molar refractivity (Wildman–Crippen MR) is 80.8 cm³/mol. The molecule has 3 rings (SSSR count). The number of carbonyl (C=O) groups is 2. The fourth-order valence-corrected chi connectivity index (χ4v) is 3.69. The summed E-state index contributed by atoms with van der Waals surface area (Å²) < 4.78 is 0. The Kier molecular flexibility index (Phi) is 4.16. The van der Waals surface area contributed by atoms with Crippen LogP contribution >= 0.6 is 0 Å². The number of nitrogens with zero attached hydrogens (tertiary/aromatic N) is 3. The lowest BCUT2D eigenvalue weighted by molar-refractivity contribution is -0.146. The second kappa shape index (κ2) is 6.11. The van der Waals surface area contributed by atoms with Crippen molar-refractivity contribution in [3.63, 3.8) is 0 Å². The van der Waals surface area contributed by atoms with Gasteiger partial charge < -0.3 is 19.9 Å². The maximum absolute atomic E-state index is 12.9. The third-order valence-electron chi connectivity index (χ3n) is 4.72. The van der Waals surface area contributed by atoms with Gasteiger partial charge in [-0.3, -0.25) is 14.4 Å². The van der Waals surface area contributed by atoms with Gasteiger partial charge in [0.05, 0.1) is 6.61 Å². The van der Waals surface area contributed by atoms with Gasteiger partial charge in [0.25, 0.3) is 11.5 Å². The third kappa shape index (κ3) is 2.52. The van der Waals surface area contributed by atoms with Crippen LogP contribution in [0.5, 0.6) is 0 Å². The number of aliphatic hydroxyl groups excluding tert-OH is 1. The summed E-state index contributed by atoms with van der Waals surface area (Å²) in [7, 11) is 0. The summed E-state index contributed by atoms with van der Waals surface area (Å²) >= 11 is 0. The first-order valence-corrected chi connectivity index (χ1v) is 7.86. The van der Waals surface area contributed by atoms with Crippen LogP contribution in [0, 0.1) is 0 Å². The van der Waals surface area contributed by atoms with Crippen LogP contribution in [0.2, 0.25) is 0 Å².